The molecule has 0 aromatic carbocycles. The van der Waals surface area contributed by atoms with E-state index < -0.39 is 23.4 Å². The molecule has 3 aromatic heterocycles. The van der Waals surface area contributed by atoms with Gasteiger partial charge in [-0.1, -0.05) is 0 Å². The van der Waals surface area contributed by atoms with Gasteiger partial charge in [-0.05, 0) is 11.6 Å². The summed E-state index contributed by atoms with van der Waals surface area (Å²) in [7, 11) is 0. The lowest BCUT2D eigenvalue weighted by atomic mass is 10.2. The molecule has 0 aliphatic carbocycles. The molecule has 0 atom stereocenters. The molecule has 1 saturated heterocycles. The smallest absolute Gasteiger partial charge is 0.378 e. The Labute approximate surface area is 154 Å². The molecule has 1 fully saturated rings. The summed E-state index contributed by atoms with van der Waals surface area (Å²) in [5.74, 6) is -0.342. The number of nitrogens with two attached hydrogens (primary N) is 1. The summed E-state index contributed by atoms with van der Waals surface area (Å²) < 4.78 is 45.6. The number of nitrogens with zero attached hydrogens (tertiary/aromatic N) is 6. The van der Waals surface area contributed by atoms with E-state index in [1.165, 1.54) is 0 Å². The molecular weight excluding hydrogens is 389 g/mol. The van der Waals surface area contributed by atoms with Gasteiger partial charge in [-0.15, -0.1) is 0 Å². The largest absolute Gasteiger partial charge is 0.434 e. The van der Waals surface area contributed by atoms with Gasteiger partial charge in [0.05, 0.1) is 18.8 Å². The standard InChI is InChI=1S/C14H12ClF3N8O/c15-12-21-7-10(25-12)23-9(24-11(7)26-1-3-27-4-2-26)6-5-20-13(19)22-8(6)14(16,17)18/h5H,1-4H2,(H2,19,20,22)(H,21,23,24,25). The highest BCUT2D eigenvalue weighted by Crippen LogP contribution is 2.36. The molecular formula is C14H12ClF3N8O. The van der Waals surface area contributed by atoms with Crippen molar-refractivity contribution in [1.82, 2.24) is 29.9 Å². The molecule has 1 aliphatic heterocycles. The van der Waals surface area contributed by atoms with E-state index in [0.717, 1.165) is 6.20 Å². The lowest BCUT2D eigenvalue weighted by molar-refractivity contribution is -0.140. The molecule has 4 rings (SSSR count). The van der Waals surface area contributed by atoms with Crippen LogP contribution < -0.4 is 10.6 Å². The number of rotatable bonds is 2. The van der Waals surface area contributed by atoms with Gasteiger partial charge in [0.2, 0.25) is 11.2 Å². The first kappa shape index (κ1) is 17.7. The third kappa shape index (κ3) is 3.32. The second-order valence-corrected chi connectivity index (χ2v) is 6.04. The van der Waals surface area contributed by atoms with Crippen LogP contribution in [0.1, 0.15) is 5.69 Å². The van der Waals surface area contributed by atoms with Gasteiger partial charge in [-0.25, -0.2) is 19.9 Å². The summed E-state index contributed by atoms with van der Waals surface area (Å²) in [6.45, 7) is 1.93. The van der Waals surface area contributed by atoms with Crippen LogP contribution in [0, 0.1) is 0 Å². The van der Waals surface area contributed by atoms with Crippen LogP contribution in [0.25, 0.3) is 22.6 Å². The van der Waals surface area contributed by atoms with E-state index in [9.17, 15) is 13.2 Å². The Bertz CT molecular complexity index is 1000. The zero-order chi connectivity index (χ0) is 19.2. The maximum atomic E-state index is 13.4. The Balaban J connectivity index is 1.93. The summed E-state index contributed by atoms with van der Waals surface area (Å²) in [6.07, 6.45) is -3.81. The number of halogens is 4. The quantitative estimate of drug-likeness (QED) is 0.626. The number of aromatic nitrogens is 6. The van der Waals surface area contributed by atoms with Gasteiger partial charge >= 0.3 is 6.18 Å². The minimum atomic E-state index is -4.76. The molecule has 142 valence electrons. The first-order valence-corrected chi connectivity index (χ1v) is 8.17. The van der Waals surface area contributed by atoms with Crippen LogP contribution in [-0.2, 0) is 10.9 Å². The highest BCUT2D eigenvalue weighted by molar-refractivity contribution is 6.29. The lowest BCUT2D eigenvalue weighted by Crippen LogP contribution is -2.37. The zero-order valence-electron chi connectivity index (χ0n) is 13.6. The molecule has 0 bridgehead atoms. The first-order valence-electron chi connectivity index (χ1n) is 7.79. The lowest BCUT2D eigenvalue weighted by Gasteiger charge is -2.28. The number of fused-ring (bicyclic) bond motifs is 1. The molecule has 1 aliphatic rings. The minimum absolute atomic E-state index is 0.0514. The van der Waals surface area contributed by atoms with Gasteiger partial charge in [-0.3, -0.25) is 0 Å². The molecule has 0 radical (unpaired) electrons. The van der Waals surface area contributed by atoms with E-state index in [-0.39, 0.29) is 16.8 Å². The van der Waals surface area contributed by atoms with Crippen LogP contribution in [0.5, 0.6) is 0 Å². The van der Waals surface area contributed by atoms with Gasteiger partial charge < -0.3 is 20.4 Å². The van der Waals surface area contributed by atoms with Crippen LogP contribution in [0.4, 0.5) is 24.9 Å². The van der Waals surface area contributed by atoms with Crippen molar-refractivity contribution in [3.8, 4) is 11.4 Å². The van der Waals surface area contributed by atoms with Crippen molar-refractivity contribution in [2.75, 3.05) is 36.9 Å². The summed E-state index contributed by atoms with van der Waals surface area (Å²) >= 11 is 5.92. The summed E-state index contributed by atoms with van der Waals surface area (Å²) in [6, 6.07) is 0. The number of nitrogens with one attached hydrogen (secondary N) is 1. The fraction of sp³-hybridized carbons (Fsp3) is 0.357. The number of H-pyrrole nitrogens is 1. The molecule has 27 heavy (non-hydrogen) atoms. The fourth-order valence-electron chi connectivity index (χ4n) is 2.75. The maximum Gasteiger partial charge on any atom is 0.434 e. The number of aromatic amines is 1. The monoisotopic (exact) mass is 400 g/mol. The fourth-order valence-corrected chi connectivity index (χ4v) is 2.93. The van der Waals surface area contributed by atoms with Crippen molar-refractivity contribution in [1.29, 1.82) is 0 Å². The third-order valence-corrected chi connectivity index (χ3v) is 4.11. The van der Waals surface area contributed by atoms with Crippen molar-refractivity contribution in [2.24, 2.45) is 0 Å². The van der Waals surface area contributed by atoms with Gasteiger partial charge in [-0.2, -0.15) is 18.2 Å². The highest BCUT2D eigenvalue weighted by atomic mass is 35.5. The summed E-state index contributed by atoms with van der Waals surface area (Å²) in [4.78, 5) is 24.1. The third-order valence-electron chi connectivity index (χ3n) is 3.93. The number of alkyl halides is 3. The van der Waals surface area contributed by atoms with Gasteiger partial charge in [0, 0.05) is 19.3 Å². The Kier molecular flexibility index (Phi) is 4.23. The maximum absolute atomic E-state index is 13.4. The Morgan fingerprint density at radius 2 is 1.89 bits per heavy atom. The van der Waals surface area contributed by atoms with Crippen LogP contribution >= 0.6 is 11.6 Å². The van der Waals surface area contributed by atoms with Gasteiger partial charge in [0.15, 0.2) is 23.0 Å². The summed E-state index contributed by atoms with van der Waals surface area (Å²) in [5.41, 5.74) is 4.27. The number of ether oxygens (including phenoxy) is 1. The molecule has 4 heterocycles. The Hall–Kier alpha value is -2.73. The molecule has 9 nitrogen and oxygen atoms in total. The van der Waals surface area contributed by atoms with Crippen molar-refractivity contribution >= 4 is 34.5 Å². The molecule has 0 unspecified atom stereocenters. The number of anilines is 2. The Morgan fingerprint density at radius 3 is 2.59 bits per heavy atom. The first-order chi connectivity index (χ1) is 12.8. The number of hydrogen-bond donors (Lipinski definition) is 2. The normalized spacial score (nSPS) is 15.5. The average Bonchev–Trinajstić information content (AvgIpc) is 3.01. The number of morpholine rings is 1. The number of imidazole rings is 1. The van der Waals surface area contributed by atoms with Crippen LogP contribution in [0.3, 0.4) is 0 Å². The second-order valence-electron chi connectivity index (χ2n) is 5.68. The van der Waals surface area contributed by atoms with E-state index in [1.54, 1.807) is 0 Å². The number of hydrogen-bond acceptors (Lipinski definition) is 8. The molecule has 0 amide bonds. The topological polar surface area (TPSA) is 119 Å². The van der Waals surface area contributed by atoms with Crippen molar-refractivity contribution in [3.63, 3.8) is 0 Å². The van der Waals surface area contributed by atoms with E-state index in [4.69, 9.17) is 22.1 Å². The molecule has 0 saturated carbocycles. The van der Waals surface area contributed by atoms with Crippen LogP contribution in [0.15, 0.2) is 6.20 Å². The molecule has 13 heteroatoms. The van der Waals surface area contributed by atoms with Gasteiger partial charge in [0.1, 0.15) is 5.52 Å². The van der Waals surface area contributed by atoms with Crippen molar-refractivity contribution in [3.05, 3.63) is 17.2 Å². The van der Waals surface area contributed by atoms with E-state index >= 15 is 0 Å². The molecule has 3 N–H and O–H groups in total. The van der Waals surface area contributed by atoms with E-state index in [1.807, 2.05) is 4.90 Å². The average molecular weight is 401 g/mol. The van der Waals surface area contributed by atoms with Crippen LogP contribution in [0.2, 0.25) is 5.28 Å². The van der Waals surface area contributed by atoms with E-state index in [0.29, 0.717) is 37.6 Å². The molecule has 0 spiro atoms. The summed E-state index contributed by atoms with van der Waals surface area (Å²) in [5, 5.41) is 0.0514. The number of nitrogen functional groups attached to an aromatic ring is 1. The second kappa shape index (κ2) is 6.46. The van der Waals surface area contributed by atoms with Gasteiger partial charge in [0.25, 0.3) is 0 Å². The molecule has 3 aromatic rings. The minimum Gasteiger partial charge on any atom is -0.378 e. The van der Waals surface area contributed by atoms with Crippen molar-refractivity contribution in [2.45, 2.75) is 6.18 Å². The highest BCUT2D eigenvalue weighted by Gasteiger charge is 2.37. The Morgan fingerprint density at radius 1 is 1.15 bits per heavy atom. The van der Waals surface area contributed by atoms with Crippen molar-refractivity contribution < 1.29 is 17.9 Å². The zero-order valence-corrected chi connectivity index (χ0v) is 14.3. The van der Waals surface area contributed by atoms with E-state index in [2.05, 4.69) is 29.9 Å². The SMILES string of the molecule is Nc1ncc(-c2nc(N3CCOCC3)c3[nH]c(Cl)nc3n2)c(C(F)(F)F)n1. The predicted molar refractivity (Wildman–Crippen MR) is 90.2 cm³/mol. The predicted octanol–water partition coefficient (Wildman–Crippen LogP) is 1.90. The van der Waals surface area contributed by atoms with Crippen LogP contribution in [-0.4, -0.2) is 56.2 Å².